The molecular formula is C15H18N2O2. The maximum Gasteiger partial charge on any atom is 0.255 e. The number of hydrogen-bond acceptors (Lipinski definition) is 3. The zero-order valence-electron chi connectivity index (χ0n) is 11.1. The van der Waals surface area contributed by atoms with Gasteiger partial charge in [0, 0.05) is 6.54 Å². The normalized spacial score (nSPS) is 13.8. The van der Waals surface area contributed by atoms with Gasteiger partial charge in [0.2, 0.25) is 0 Å². The summed E-state index contributed by atoms with van der Waals surface area (Å²) in [5.41, 5.74) is 6.72. The van der Waals surface area contributed by atoms with Crippen LogP contribution in [0.25, 0.3) is 0 Å². The maximum atomic E-state index is 12.2. The maximum absolute atomic E-state index is 12.2. The first kappa shape index (κ1) is 13.4. The van der Waals surface area contributed by atoms with E-state index in [1.54, 1.807) is 13.0 Å². The van der Waals surface area contributed by atoms with Gasteiger partial charge in [-0.3, -0.25) is 4.79 Å². The van der Waals surface area contributed by atoms with Crippen LogP contribution in [0.5, 0.6) is 0 Å². The average Bonchev–Trinajstić information content (AvgIpc) is 2.86. The van der Waals surface area contributed by atoms with Crippen molar-refractivity contribution >= 4 is 5.91 Å². The molecule has 0 radical (unpaired) electrons. The van der Waals surface area contributed by atoms with E-state index in [9.17, 15) is 4.79 Å². The third kappa shape index (κ3) is 2.85. The van der Waals surface area contributed by atoms with Gasteiger partial charge in [0.05, 0.1) is 11.1 Å². The molecule has 3 N–H and O–H groups in total. The minimum atomic E-state index is -0.594. The molecular weight excluding hydrogens is 240 g/mol. The summed E-state index contributed by atoms with van der Waals surface area (Å²) in [7, 11) is 0. The molecule has 1 heterocycles. The van der Waals surface area contributed by atoms with Crippen LogP contribution in [0.2, 0.25) is 0 Å². The number of carbonyl (C=O) groups is 1. The predicted octanol–water partition coefficient (Wildman–Crippen LogP) is 2.19. The van der Waals surface area contributed by atoms with E-state index in [2.05, 4.69) is 5.32 Å². The summed E-state index contributed by atoms with van der Waals surface area (Å²) in [4.78, 5) is 12.2. The Balaban J connectivity index is 2.22. The highest BCUT2D eigenvalue weighted by Crippen LogP contribution is 2.20. The van der Waals surface area contributed by atoms with E-state index in [1.807, 2.05) is 37.3 Å². The molecule has 4 heteroatoms. The number of nitrogens with one attached hydrogen (secondary N) is 1. The summed E-state index contributed by atoms with van der Waals surface area (Å²) < 4.78 is 5.15. The molecule has 0 spiro atoms. The molecule has 100 valence electrons. The molecule has 1 aromatic carbocycles. The Morgan fingerprint density at radius 3 is 2.58 bits per heavy atom. The molecule has 2 rings (SSSR count). The van der Waals surface area contributed by atoms with Gasteiger partial charge >= 0.3 is 0 Å². The van der Waals surface area contributed by atoms with Gasteiger partial charge in [-0.2, -0.15) is 0 Å². The van der Waals surface area contributed by atoms with E-state index in [1.165, 1.54) is 6.26 Å². The second-order valence-corrected chi connectivity index (χ2v) is 4.80. The van der Waals surface area contributed by atoms with Crippen LogP contribution in [0.1, 0.15) is 28.6 Å². The standard InChI is InChI=1S/C15H18N2O2/c1-11-8-12(9-19-11)14(18)17-15(2,10-16)13-6-4-3-5-7-13/h3-9H,10,16H2,1-2H3,(H,17,18). The van der Waals surface area contributed by atoms with Crippen molar-refractivity contribution in [2.45, 2.75) is 19.4 Å². The Bertz CT molecular complexity index is 563. The number of carbonyl (C=O) groups excluding carboxylic acids is 1. The SMILES string of the molecule is Cc1cc(C(=O)NC(C)(CN)c2ccccc2)co1. The summed E-state index contributed by atoms with van der Waals surface area (Å²) in [6.45, 7) is 4.03. The molecule has 1 unspecified atom stereocenters. The molecule has 2 aromatic rings. The topological polar surface area (TPSA) is 68.3 Å². The highest BCUT2D eigenvalue weighted by molar-refractivity contribution is 5.94. The number of aryl methyl sites for hydroxylation is 1. The third-order valence-corrected chi connectivity index (χ3v) is 3.20. The van der Waals surface area contributed by atoms with Crippen LogP contribution >= 0.6 is 0 Å². The van der Waals surface area contributed by atoms with Gasteiger partial charge < -0.3 is 15.5 Å². The predicted molar refractivity (Wildman–Crippen MR) is 73.8 cm³/mol. The average molecular weight is 258 g/mol. The second-order valence-electron chi connectivity index (χ2n) is 4.80. The van der Waals surface area contributed by atoms with E-state index in [0.29, 0.717) is 17.9 Å². The highest BCUT2D eigenvalue weighted by atomic mass is 16.3. The number of amides is 1. The Kier molecular flexibility index (Phi) is 3.71. The van der Waals surface area contributed by atoms with Gasteiger partial charge in [0.15, 0.2) is 0 Å². The van der Waals surface area contributed by atoms with Crippen molar-refractivity contribution < 1.29 is 9.21 Å². The van der Waals surface area contributed by atoms with E-state index in [-0.39, 0.29) is 5.91 Å². The van der Waals surface area contributed by atoms with Crippen molar-refractivity contribution in [1.82, 2.24) is 5.32 Å². The van der Waals surface area contributed by atoms with E-state index < -0.39 is 5.54 Å². The smallest absolute Gasteiger partial charge is 0.255 e. The van der Waals surface area contributed by atoms with Crippen LogP contribution in [-0.4, -0.2) is 12.5 Å². The fourth-order valence-corrected chi connectivity index (χ4v) is 1.93. The number of benzene rings is 1. The van der Waals surface area contributed by atoms with Crippen molar-refractivity contribution in [2.24, 2.45) is 5.73 Å². The molecule has 0 fully saturated rings. The van der Waals surface area contributed by atoms with E-state index >= 15 is 0 Å². The summed E-state index contributed by atoms with van der Waals surface area (Å²) in [6, 6.07) is 11.4. The molecule has 1 aromatic heterocycles. The summed E-state index contributed by atoms with van der Waals surface area (Å²) in [6.07, 6.45) is 1.45. The zero-order valence-corrected chi connectivity index (χ0v) is 11.1. The molecule has 0 bridgehead atoms. The molecule has 0 aliphatic rings. The lowest BCUT2D eigenvalue weighted by atomic mass is 9.92. The minimum absolute atomic E-state index is 0.186. The number of rotatable bonds is 4. The van der Waals surface area contributed by atoms with Gasteiger partial charge in [-0.25, -0.2) is 0 Å². The summed E-state index contributed by atoms with van der Waals surface area (Å²) >= 11 is 0. The highest BCUT2D eigenvalue weighted by Gasteiger charge is 2.27. The van der Waals surface area contributed by atoms with Gasteiger partial charge in [0.25, 0.3) is 5.91 Å². The Hall–Kier alpha value is -2.07. The van der Waals surface area contributed by atoms with Crippen LogP contribution in [0, 0.1) is 6.92 Å². The van der Waals surface area contributed by atoms with Crippen molar-refractivity contribution in [1.29, 1.82) is 0 Å². The minimum Gasteiger partial charge on any atom is -0.469 e. The van der Waals surface area contributed by atoms with E-state index in [0.717, 1.165) is 5.56 Å². The first-order chi connectivity index (χ1) is 9.05. The lowest BCUT2D eigenvalue weighted by molar-refractivity contribution is 0.0907. The third-order valence-electron chi connectivity index (χ3n) is 3.20. The van der Waals surface area contributed by atoms with Crippen molar-refractivity contribution in [3.8, 4) is 0 Å². The molecule has 0 saturated heterocycles. The van der Waals surface area contributed by atoms with Crippen LogP contribution < -0.4 is 11.1 Å². The Morgan fingerprint density at radius 2 is 2.05 bits per heavy atom. The lowest BCUT2D eigenvalue weighted by Crippen LogP contribution is -2.48. The van der Waals surface area contributed by atoms with E-state index in [4.69, 9.17) is 10.2 Å². The largest absolute Gasteiger partial charge is 0.469 e. The molecule has 0 aliphatic heterocycles. The Labute approximate surface area is 112 Å². The van der Waals surface area contributed by atoms with Crippen LogP contribution in [0.3, 0.4) is 0 Å². The lowest BCUT2D eigenvalue weighted by Gasteiger charge is -2.29. The molecule has 1 amide bonds. The van der Waals surface area contributed by atoms with Crippen molar-refractivity contribution in [3.63, 3.8) is 0 Å². The molecule has 1 atom stereocenters. The quantitative estimate of drug-likeness (QED) is 0.883. The first-order valence-electron chi connectivity index (χ1n) is 6.18. The van der Waals surface area contributed by atoms with Gasteiger partial charge in [-0.1, -0.05) is 30.3 Å². The summed E-state index contributed by atoms with van der Waals surface area (Å²) in [5, 5.41) is 2.97. The molecule has 19 heavy (non-hydrogen) atoms. The molecule has 4 nitrogen and oxygen atoms in total. The van der Waals surface area contributed by atoms with Crippen molar-refractivity contribution in [3.05, 3.63) is 59.5 Å². The first-order valence-corrected chi connectivity index (χ1v) is 6.18. The van der Waals surface area contributed by atoms with Gasteiger partial charge in [0.1, 0.15) is 12.0 Å². The van der Waals surface area contributed by atoms with Crippen LogP contribution in [-0.2, 0) is 5.54 Å². The molecule has 0 saturated carbocycles. The fraction of sp³-hybridized carbons (Fsp3) is 0.267. The second kappa shape index (κ2) is 5.28. The molecule has 0 aliphatic carbocycles. The number of nitrogens with two attached hydrogens (primary N) is 1. The fourth-order valence-electron chi connectivity index (χ4n) is 1.93. The van der Waals surface area contributed by atoms with Gasteiger partial charge in [-0.05, 0) is 25.5 Å². The van der Waals surface area contributed by atoms with Crippen LogP contribution in [0.15, 0.2) is 47.1 Å². The monoisotopic (exact) mass is 258 g/mol. The number of furan rings is 1. The zero-order chi connectivity index (χ0) is 13.9. The van der Waals surface area contributed by atoms with Crippen molar-refractivity contribution in [2.75, 3.05) is 6.54 Å². The number of hydrogen-bond donors (Lipinski definition) is 2. The Morgan fingerprint density at radius 1 is 1.37 bits per heavy atom. The van der Waals surface area contributed by atoms with Gasteiger partial charge in [-0.15, -0.1) is 0 Å². The van der Waals surface area contributed by atoms with Crippen LogP contribution in [0.4, 0.5) is 0 Å². The summed E-state index contributed by atoms with van der Waals surface area (Å²) in [5.74, 6) is 0.521.